The van der Waals surface area contributed by atoms with Gasteiger partial charge in [0.2, 0.25) is 5.91 Å². The first-order valence-electron chi connectivity index (χ1n) is 7.04. The van der Waals surface area contributed by atoms with Crippen LogP contribution in [0.3, 0.4) is 0 Å². The number of hydrogen-bond acceptors (Lipinski definition) is 2. The number of allylic oxidation sites excluding steroid dienone is 1. The Labute approximate surface area is 118 Å². The number of carbonyl (C=O) groups is 1. The highest BCUT2D eigenvalue weighted by Gasteiger charge is 2.40. The lowest BCUT2D eigenvalue weighted by Crippen LogP contribution is -2.51. The molecule has 1 amide bonds. The summed E-state index contributed by atoms with van der Waals surface area (Å²) in [4.78, 5) is 14.6. The molecule has 0 aromatic heterocycles. The van der Waals surface area contributed by atoms with Crippen molar-refractivity contribution in [3.05, 3.63) is 11.3 Å². The lowest BCUT2D eigenvalue weighted by atomic mass is 9.78. The van der Waals surface area contributed by atoms with Gasteiger partial charge in [0.05, 0.1) is 5.54 Å². The zero-order valence-corrected chi connectivity index (χ0v) is 14.1. The van der Waals surface area contributed by atoms with Gasteiger partial charge in [0.25, 0.3) is 0 Å². The number of rotatable bonds is 0. The van der Waals surface area contributed by atoms with E-state index >= 15 is 0 Å². The molecule has 0 radical (unpaired) electrons. The van der Waals surface area contributed by atoms with Crippen LogP contribution in [0.15, 0.2) is 11.3 Å². The minimum Gasteiger partial charge on any atom is -0.328 e. The maximum atomic E-state index is 12.5. The molecular formula is C16H30N2O. The van der Waals surface area contributed by atoms with Gasteiger partial charge in [0.1, 0.15) is 0 Å². The van der Waals surface area contributed by atoms with Crippen molar-refractivity contribution >= 4 is 5.91 Å². The molecule has 3 heteroatoms. The first-order valence-corrected chi connectivity index (χ1v) is 7.04. The molecule has 3 nitrogen and oxygen atoms in total. The number of amides is 1. The van der Waals surface area contributed by atoms with Gasteiger partial charge in [-0.05, 0) is 31.9 Å². The standard InChI is InChI=1S/C16H30N2O/c1-14(2,3)11-10-18(9)16(7,8)13(19)17-12(11)15(4,5)6/h10H2,1-9H3,(H,17,19). The normalized spacial score (nSPS) is 22.3. The Balaban J connectivity index is 3.43. The van der Waals surface area contributed by atoms with E-state index in [2.05, 4.69) is 51.8 Å². The summed E-state index contributed by atoms with van der Waals surface area (Å²) in [7, 11) is 2.02. The molecule has 1 heterocycles. The molecule has 0 atom stereocenters. The average Bonchev–Trinajstić information content (AvgIpc) is 2.26. The Kier molecular flexibility index (Phi) is 3.95. The van der Waals surface area contributed by atoms with Gasteiger partial charge in [-0.1, -0.05) is 41.5 Å². The summed E-state index contributed by atoms with van der Waals surface area (Å²) in [6, 6.07) is 0. The van der Waals surface area contributed by atoms with Crippen LogP contribution >= 0.6 is 0 Å². The van der Waals surface area contributed by atoms with Crippen molar-refractivity contribution in [2.75, 3.05) is 13.6 Å². The molecule has 1 aliphatic rings. The average molecular weight is 266 g/mol. The van der Waals surface area contributed by atoms with E-state index in [-0.39, 0.29) is 16.7 Å². The fourth-order valence-electron chi connectivity index (χ4n) is 2.28. The van der Waals surface area contributed by atoms with Gasteiger partial charge in [0, 0.05) is 17.7 Å². The molecule has 1 N–H and O–H groups in total. The fourth-order valence-corrected chi connectivity index (χ4v) is 2.28. The van der Waals surface area contributed by atoms with Crippen molar-refractivity contribution in [3.63, 3.8) is 0 Å². The van der Waals surface area contributed by atoms with Crippen LogP contribution < -0.4 is 5.32 Å². The maximum Gasteiger partial charge on any atom is 0.244 e. The van der Waals surface area contributed by atoms with Crippen molar-refractivity contribution in [1.29, 1.82) is 0 Å². The number of likely N-dealkylation sites (N-methyl/N-ethyl adjacent to an activating group) is 1. The van der Waals surface area contributed by atoms with Crippen LogP contribution in [-0.4, -0.2) is 29.9 Å². The Morgan fingerprint density at radius 2 is 1.53 bits per heavy atom. The summed E-state index contributed by atoms with van der Waals surface area (Å²) in [5.74, 6) is 0.0826. The zero-order valence-electron chi connectivity index (χ0n) is 14.1. The molecule has 1 rings (SSSR count). The first-order chi connectivity index (χ1) is 8.28. The minimum absolute atomic E-state index is 0.0462. The van der Waals surface area contributed by atoms with Crippen molar-refractivity contribution in [1.82, 2.24) is 10.2 Å². The fraction of sp³-hybridized carbons (Fsp3) is 0.812. The lowest BCUT2D eigenvalue weighted by Gasteiger charge is -2.34. The quantitative estimate of drug-likeness (QED) is 0.730. The molecule has 0 aliphatic carbocycles. The molecular weight excluding hydrogens is 236 g/mol. The third-order valence-corrected chi connectivity index (χ3v) is 4.10. The van der Waals surface area contributed by atoms with Gasteiger partial charge < -0.3 is 5.32 Å². The topological polar surface area (TPSA) is 32.3 Å². The highest BCUT2D eigenvalue weighted by atomic mass is 16.2. The number of nitrogens with zero attached hydrogens (tertiary/aromatic N) is 1. The molecule has 0 aromatic rings. The largest absolute Gasteiger partial charge is 0.328 e. The second-order valence-electron chi connectivity index (χ2n) is 8.22. The van der Waals surface area contributed by atoms with Gasteiger partial charge >= 0.3 is 0 Å². The molecule has 19 heavy (non-hydrogen) atoms. The van der Waals surface area contributed by atoms with Gasteiger partial charge in [-0.15, -0.1) is 0 Å². The molecule has 110 valence electrons. The molecule has 0 saturated heterocycles. The molecule has 0 saturated carbocycles. The van der Waals surface area contributed by atoms with Gasteiger partial charge in [-0.25, -0.2) is 0 Å². The Morgan fingerprint density at radius 3 is 1.89 bits per heavy atom. The molecule has 1 aliphatic heterocycles. The van der Waals surface area contributed by atoms with E-state index < -0.39 is 5.54 Å². The van der Waals surface area contributed by atoms with Crippen LogP contribution in [0.1, 0.15) is 55.4 Å². The van der Waals surface area contributed by atoms with E-state index in [9.17, 15) is 4.79 Å². The summed E-state index contributed by atoms with van der Waals surface area (Å²) in [6.07, 6.45) is 0. The Hall–Kier alpha value is -0.830. The number of carbonyl (C=O) groups excluding carboxylic acids is 1. The van der Waals surface area contributed by atoms with E-state index in [1.54, 1.807) is 0 Å². The monoisotopic (exact) mass is 266 g/mol. The van der Waals surface area contributed by atoms with Gasteiger partial charge in [-0.3, -0.25) is 9.69 Å². The van der Waals surface area contributed by atoms with Gasteiger partial charge in [0.15, 0.2) is 0 Å². The van der Waals surface area contributed by atoms with Crippen LogP contribution in [-0.2, 0) is 4.79 Å². The summed E-state index contributed by atoms with van der Waals surface area (Å²) < 4.78 is 0. The van der Waals surface area contributed by atoms with Gasteiger partial charge in [-0.2, -0.15) is 0 Å². The molecule has 0 unspecified atom stereocenters. The van der Waals surface area contributed by atoms with E-state index in [1.165, 1.54) is 5.57 Å². The lowest BCUT2D eigenvalue weighted by molar-refractivity contribution is -0.129. The second-order valence-corrected chi connectivity index (χ2v) is 8.22. The third-order valence-electron chi connectivity index (χ3n) is 4.10. The maximum absolute atomic E-state index is 12.5. The summed E-state index contributed by atoms with van der Waals surface area (Å²) in [6.45, 7) is 17.9. The summed E-state index contributed by atoms with van der Waals surface area (Å²) in [5, 5.41) is 3.20. The Bertz CT molecular complexity index is 405. The predicted molar refractivity (Wildman–Crippen MR) is 80.8 cm³/mol. The number of nitrogens with one attached hydrogen (secondary N) is 1. The first kappa shape index (κ1) is 16.2. The third kappa shape index (κ3) is 3.19. The highest BCUT2D eigenvalue weighted by molar-refractivity contribution is 5.87. The summed E-state index contributed by atoms with van der Waals surface area (Å²) in [5.41, 5.74) is 1.91. The SMILES string of the molecule is CN1CC(C(C)(C)C)=C(C(C)(C)C)NC(=O)C1(C)C. The summed E-state index contributed by atoms with van der Waals surface area (Å²) >= 11 is 0. The molecule has 0 bridgehead atoms. The highest BCUT2D eigenvalue weighted by Crippen LogP contribution is 2.38. The Morgan fingerprint density at radius 1 is 1.05 bits per heavy atom. The van der Waals surface area contributed by atoms with Crippen LogP contribution in [0.5, 0.6) is 0 Å². The van der Waals surface area contributed by atoms with E-state index in [1.807, 2.05) is 20.9 Å². The molecule has 0 fully saturated rings. The van der Waals surface area contributed by atoms with Crippen molar-refractivity contribution < 1.29 is 4.79 Å². The predicted octanol–water partition coefficient (Wildman–Crippen LogP) is 3.17. The van der Waals surface area contributed by atoms with Crippen LogP contribution in [0.4, 0.5) is 0 Å². The smallest absolute Gasteiger partial charge is 0.244 e. The van der Waals surface area contributed by atoms with Crippen LogP contribution in [0, 0.1) is 10.8 Å². The second kappa shape index (κ2) is 4.62. The van der Waals surface area contributed by atoms with E-state index in [4.69, 9.17) is 0 Å². The van der Waals surface area contributed by atoms with E-state index in [0.29, 0.717) is 0 Å². The van der Waals surface area contributed by atoms with Crippen molar-refractivity contribution in [2.45, 2.75) is 60.9 Å². The molecule has 0 aromatic carbocycles. The zero-order chi connectivity index (χ0) is 15.2. The van der Waals surface area contributed by atoms with Crippen LogP contribution in [0.2, 0.25) is 0 Å². The van der Waals surface area contributed by atoms with Crippen molar-refractivity contribution in [2.24, 2.45) is 10.8 Å². The van der Waals surface area contributed by atoms with Crippen LogP contribution in [0.25, 0.3) is 0 Å². The van der Waals surface area contributed by atoms with Crippen molar-refractivity contribution in [3.8, 4) is 0 Å². The molecule has 0 spiro atoms. The van der Waals surface area contributed by atoms with E-state index in [0.717, 1.165) is 12.2 Å². The number of hydrogen-bond donors (Lipinski definition) is 1. The minimum atomic E-state index is -0.483.